The van der Waals surface area contributed by atoms with Gasteiger partial charge in [-0.15, -0.1) is 0 Å². The fourth-order valence-electron chi connectivity index (χ4n) is 6.94. The second kappa shape index (κ2) is 10.5. The van der Waals surface area contributed by atoms with Gasteiger partial charge in [-0.2, -0.15) is 8.78 Å². The molecule has 0 aromatic heterocycles. The zero-order valence-corrected chi connectivity index (χ0v) is 19.4. The molecule has 4 unspecified atom stereocenters. The van der Waals surface area contributed by atoms with Crippen molar-refractivity contribution < 1.29 is 18.3 Å². The Morgan fingerprint density at radius 2 is 1.29 bits per heavy atom. The summed E-state index contributed by atoms with van der Waals surface area (Å²) in [5.74, 6) is 3.22. The number of hydrogen-bond acceptors (Lipinski definition) is 2. The molecule has 0 N–H and O–H groups in total. The van der Waals surface area contributed by atoms with Crippen LogP contribution in [0.1, 0.15) is 84.0 Å². The molecular weight excluding hydrogens is 394 g/mol. The first kappa shape index (κ1) is 22.9. The van der Waals surface area contributed by atoms with Crippen molar-refractivity contribution in [1.82, 2.24) is 0 Å². The van der Waals surface area contributed by atoms with E-state index in [1.165, 1.54) is 83.5 Å². The maximum absolute atomic E-state index is 14.1. The normalized spacial score (nSPS) is 33.5. The second-order valence-electron chi connectivity index (χ2n) is 10.5. The maximum atomic E-state index is 14.1. The van der Waals surface area contributed by atoms with Crippen LogP contribution in [0.25, 0.3) is 0 Å². The molecule has 1 aromatic rings. The lowest BCUT2D eigenvalue weighted by Gasteiger charge is -2.45. The summed E-state index contributed by atoms with van der Waals surface area (Å²) >= 11 is 0. The average molecular weight is 435 g/mol. The van der Waals surface area contributed by atoms with E-state index < -0.39 is 11.6 Å². The van der Waals surface area contributed by atoms with Crippen molar-refractivity contribution in [2.45, 2.75) is 84.0 Å². The smallest absolute Gasteiger partial charge is 0.204 e. The second-order valence-corrected chi connectivity index (χ2v) is 10.5. The molecule has 4 rings (SSSR count). The molecule has 0 aliphatic heterocycles. The zero-order chi connectivity index (χ0) is 21.8. The Labute approximate surface area is 187 Å². The summed E-state index contributed by atoms with van der Waals surface area (Å²) < 4.78 is 38.5. The third-order valence-electron chi connectivity index (χ3n) is 8.72. The van der Waals surface area contributed by atoms with Gasteiger partial charge in [-0.3, -0.25) is 0 Å². The molecule has 0 radical (unpaired) electrons. The quantitative estimate of drug-likeness (QED) is 0.436. The van der Waals surface area contributed by atoms with Crippen LogP contribution in [0.4, 0.5) is 8.78 Å². The van der Waals surface area contributed by atoms with Crippen LogP contribution in [0.3, 0.4) is 0 Å². The van der Waals surface area contributed by atoms with E-state index in [0.717, 1.165) is 42.4 Å². The van der Waals surface area contributed by atoms with Crippen LogP contribution in [0, 0.1) is 47.1 Å². The Bertz CT molecular complexity index is 713. The number of rotatable bonds is 7. The minimum absolute atomic E-state index is 0.00239. The van der Waals surface area contributed by atoms with Gasteiger partial charge >= 0.3 is 0 Å². The van der Waals surface area contributed by atoms with Gasteiger partial charge in [0.05, 0.1) is 13.7 Å². The van der Waals surface area contributed by atoms with Gasteiger partial charge in [0.25, 0.3) is 0 Å². The SMILES string of the molecule is CCCC1CCC2CC(C3CCC(COc4ccc(OC)c(F)c4F)CC3)CCC2C1. The number of fused-ring (bicyclic) bond motifs is 1. The van der Waals surface area contributed by atoms with Crippen LogP contribution >= 0.6 is 0 Å². The highest BCUT2D eigenvalue weighted by Gasteiger charge is 2.38. The minimum atomic E-state index is -0.969. The first-order valence-electron chi connectivity index (χ1n) is 12.7. The van der Waals surface area contributed by atoms with Gasteiger partial charge in [-0.05, 0) is 105 Å². The van der Waals surface area contributed by atoms with Crippen LogP contribution in [-0.4, -0.2) is 13.7 Å². The number of halogens is 2. The molecular formula is C27H40F2O2. The fraction of sp³-hybridized carbons (Fsp3) is 0.778. The Hall–Kier alpha value is -1.32. The predicted octanol–water partition coefficient (Wildman–Crippen LogP) is 7.79. The first-order valence-corrected chi connectivity index (χ1v) is 12.7. The third kappa shape index (κ3) is 5.37. The lowest BCUT2D eigenvalue weighted by molar-refractivity contribution is 0.0544. The highest BCUT2D eigenvalue weighted by Crippen LogP contribution is 2.49. The summed E-state index contributed by atoms with van der Waals surface area (Å²) in [4.78, 5) is 0. The summed E-state index contributed by atoms with van der Waals surface area (Å²) in [7, 11) is 1.33. The van der Waals surface area contributed by atoms with E-state index in [-0.39, 0.29) is 11.5 Å². The molecule has 3 aliphatic rings. The number of ether oxygens (including phenoxy) is 2. The highest BCUT2D eigenvalue weighted by molar-refractivity contribution is 5.34. The third-order valence-corrected chi connectivity index (χ3v) is 8.72. The lowest BCUT2D eigenvalue weighted by Crippen LogP contribution is -2.35. The van der Waals surface area contributed by atoms with Gasteiger partial charge in [0, 0.05) is 0 Å². The maximum Gasteiger partial charge on any atom is 0.204 e. The molecule has 4 heteroatoms. The molecule has 0 amide bonds. The molecule has 0 heterocycles. The topological polar surface area (TPSA) is 18.5 Å². The largest absolute Gasteiger partial charge is 0.494 e. The van der Waals surface area contributed by atoms with Crippen LogP contribution in [0.2, 0.25) is 0 Å². The van der Waals surface area contributed by atoms with Gasteiger partial charge in [-0.1, -0.05) is 26.2 Å². The summed E-state index contributed by atoms with van der Waals surface area (Å²) in [6.07, 6.45) is 16.4. The van der Waals surface area contributed by atoms with E-state index in [0.29, 0.717) is 12.5 Å². The highest BCUT2D eigenvalue weighted by atomic mass is 19.2. The van der Waals surface area contributed by atoms with E-state index in [1.54, 1.807) is 0 Å². The van der Waals surface area contributed by atoms with Crippen molar-refractivity contribution in [3.63, 3.8) is 0 Å². The van der Waals surface area contributed by atoms with Crippen LogP contribution < -0.4 is 9.47 Å². The summed E-state index contributed by atoms with van der Waals surface area (Å²) in [6, 6.07) is 2.90. The molecule has 174 valence electrons. The number of benzene rings is 1. The Balaban J connectivity index is 1.21. The number of hydrogen-bond donors (Lipinski definition) is 0. The van der Waals surface area contributed by atoms with E-state index in [2.05, 4.69) is 6.92 Å². The summed E-state index contributed by atoms with van der Waals surface area (Å²) in [5, 5.41) is 0. The zero-order valence-electron chi connectivity index (χ0n) is 19.4. The van der Waals surface area contributed by atoms with Crippen molar-refractivity contribution >= 4 is 0 Å². The molecule has 31 heavy (non-hydrogen) atoms. The molecule has 4 atom stereocenters. The van der Waals surface area contributed by atoms with Crippen molar-refractivity contribution in [3.05, 3.63) is 23.8 Å². The first-order chi connectivity index (χ1) is 15.1. The summed E-state index contributed by atoms with van der Waals surface area (Å²) in [6.45, 7) is 2.81. The monoisotopic (exact) mass is 434 g/mol. The van der Waals surface area contributed by atoms with Crippen LogP contribution in [0.5, 0.6) is 11.5 Å². The molecule has 2 nitrogen and oxygen atoms in total. The fourth-order valence-corrected chi connectivity index (χ4v) is 6.94. The molecule has 0 saturated heterocycles. The molecule has 0 bridgehead atoms. The Morgan fingerprint density at radius 3 is 2.00 bits per heavy atom. The molecule has 1 aromatic carbocycles. The van der Waals surface area contributed by atoms with Crippen molar-refractivity contribution in [3.8, 4) is 11.5 Å². The lowest BCUT2D eigenvalue weighted by atomic mass is 9.60. The Kier molecular flexibility index (Phi) is 7.77. The van der Waals surface area contributed by atoms with Crippen LogP contribution in [0.15, 0.2) is 12.1 Å². The van der Waals surface area contributed by atoms with Gasteiger partial charge in [0.15, 0.2) is 11.5 Å². The van der Waals surface area contributed by atoms with Gasteiger partial charge in [0.1, 0.15) is 0 Å². The van der Waals surface area contributed by atoms with Crippen molar-refractivity contribution in [2.24, 2.45) is 35.5 Å². The van der Waals surface area contributed by atoms with E-state index in [4.69, 9.17) is 9.47 Å². The molecule has 3 saturated carbocycles. The predicted molar refractivity (Wildman–Crippen MR) is 120 cm³/mol. The van der Waals surface area contributed by atoms with Crippen LogP contribution in [-0.2, 0) is 0 Å². The van der Waals surface area contributed by atoms with E-state index in [9.17, 15) is 8.78 Å². The van der Waals surface area contributed by atoms with Crippen molar-refractivity contribution in [2.75, 3.05) is 13.7 Å². The van der Waals surface area contributed by atoms with Gasteiger partial charge in [0.2, 0.25) is 11.6 Å². The Morgan fingerprint density at radius 1 is 0.742 bits per heavy atom. The summed E-state index contributed by atoms with van der Waals surface area (Å²) in [5.41, 5.74) is 0. The minimum Gasteiger partial charge on any atom is -0.494 e. The average Bonchev–Trinajstić information content (AvgIpc) is 2.80. The molecule has 3 fully saturated rings. The van der Waals surface area contributed by atoms with Crippen molar-refractivity contribution in [1.29, 1.82) is 0 Å². The number of methoxy groups -OCH3 is 1. The van der Waals surface area contributed by atoms with E-state index in [1.807, 2.05) is 0 Å². The van der Waals surface area contributed by atoms with E-state index >= 15 is 0 Å². The molecule has 3 aliphatic carbocycles. The molecule has 0 spiro atoms. The van der Waals surface area contributed by atoms with Gasteiger partial charge < -0.3 is 9.47 Å². The standard InChI is InChI=1S/C27H40F2O2/c1-3-4-18-5-10-23-16-22(12-11-21(23)15-18)20-8-6-19(7-9-20)17-31-25-14-13-24(30-2)26(28)27(25)29/h13-14,18-23H,3-12,15-17H2,1-2H3. The van der Waals surface area contributed by atoms with Gasteiger partial charge in [-0.25, -0.2) is 0 Å².